The zero-order valence-corrected chi connectivity index (χ0v) is 15.0. The van der Waals surface area contributed by atoms with Gasteiger partial charge in [-0.25, -0.2) is 0 Å². The van der Waals surface area contributed by atoms with Crippen LogP contribution in [0.1, 0.15) is 22.6 Å². The fourth-order valence-electron chi connectivity index (χ4n) is 2.97. The second kappa shape index (κ2) is 8.14. The first-order valence-corrected chi connectivity index (χ1v) is 8.64. The number of carbonyl (C=O) groups excluding carboxylic acids is 2. The number of hydrogen-bond donors (Lipinski definition) is 1. The van der Waals surface area contributed by atoms with Gasteiger partial charge < -0.3 is 19.5 Å². The Hall–Kier alpha value is -2.67. The average molecular weight is 357 g/mol. The van der Waals surface area contributed by atoms with E-state index in [2.05, 4.69) is 10.5 Å². The number of rotatable bonds is 6. The molecule has 1 aromatic carbocycles. The van der Waals surface area contributed by atoms with Crippen LogP contribution < -0.4 is 5.32 Å². The van der Waals surface area contributed by atoms with Gasteiger partial charge in [0.1, 0.15) is 12.4 Å². The summed E-state index contributed by atoms with van der Waals surface area (Å²) >= 11 is 0. The highest BCUT2D eigenvalue weighted by Crippen LogP contribution is 2.13. The van der Waals surface area contributed by atoms with Crippen molar-refractivity contribution in [2.45, 2.75) is 32.9 Å². The minimum atomic E-state index is -0.218. The average Bonchev–Trinajstić information content (AvgIpc) is 2.95. The molecular formula is C19H23N3O4. The third-order valence-corrected chi connectivity index (χ3v) is 4.48. The largest absolute Gasteiger partial charge is 0.365 e. The highest BCUT2D eigenvalue weighted by molar-refractivity contribution is 5.79. The summed E-state index contributed by atoms with van der Waals surface area (Å²) in [5, 5.41) is 6.73. The number of aryl methyl sites for hydroxylation is 2. The summed E-state index contributed by atoms with van der Waals surface area (Å²) in [6, 6.07) is 9.83. The summed E-state index contributed by atoms with van der Waals surface area (Å²) in [6.07, 6.45) is 0.00520. The molecule has 1 aliphatic rings. The van der Waals surface area contributed by atoms with Crippen LogP contribution in [0.25, 0.3) is 0 Å². The van der Waals surface area contributed by atoms with Gasteiger partial charge in [-0.3, -0.25) is 9.59 Å². The normalized spacial score (nSPS) is 17.4. The van der Waals surface area contributed by atoms with Gasteiger partial charge in [-0.1, -0.05) is 35.5 Å². The molecule has 1 N–H and O–H groups in total. The van der Waals surface area contributed by atoms with Crippen LogP contribution in [0.4, 0.5) is 0 Å². The second-order valence-electron chi connectivity index (χ2n) is 6.48. The molecule has 0 spiro atoms. The van der Waals surface area contributed by atoms with Crippen molar-refractivity contribution in [3.05, 3.63) is 52.9 Å². The predicted molar refractivity (Wildman–Crippen MR) is 94.3 cm³/mol. The fraction of sp³-hybridized carbons (Fsp3) is 0.421. The number of nitrogens with zero attached hydrogens (tertiary/aromatic N) is 2. The lowest BCUT2D eigenvalue weighted by molar-refractivity contribution is -0.149. The number of nitrogens with one attached hydrogen (secondary N) is 1. The third-order valence-electron chi connectivity index (χ3n) is 4.48. The number of carbonyl (C=O) groups is 2. The standard InChI is InChI=1S/C19H23N3O4/c1-13-17(14(2)26-21-13)8-18(23)20-9-16-11-22(19(24)12-25-16)10-15-6-4-3-5-7-15/h3-7,16H,8-12H2,1-2H3,(H,20,23). The third kappa shape index (κ3) is 4.49. The molecular weight excluding hydrogens is 334 g/mol. The first kappa shape index (κ1) is 18.1. The van der Waals surface area contributed by atoms with Crippen LogP contribution in [0.5, 0.6) is 0 Å². The van der Waals surface area contributed by atoms with Crippen molar-refractivity contribution in [2.24, 2.45) is 0 Å². The van der Waals surface area contributed by atoms with Gasteiger partial charge in [-0.05, 0) is 19.4 Å². The number of hydrogen-bond acceptors (Lipinski definition) is 5. The van der Waals surface area contributed by atoms with Gasteiger partial charge in [0.15, 0.2) is 0 Å². The molecule has 1 unspecified atom stereocenters. The second-order valence-corrected chi connectivity index (χ2v) is 6.48. The molecule has 0 saturated carbocycles. The summed E-state index contributed by atoms with van der Waals surface area (Å²) in [5.41, 5.74) is 2.61. The number of morpholine rings is 1. The fourth-order valence-corrected chi connectivity index (χ4v) is 2.97. The number of ether oxygens (including phenoxy) is 1. The lowest BCUT2D eigenvalue weighted by Crippen LogP contribution is -2.50. The minimum absolute atomic E-state index is 0.0350. The molecule has 2 heterocycles. The molecule has 1 aromatic heterocycles. The maximum Gasteiger partial charge on any atom is 0.248 e. The molecule has 138 valence electrons. The van der Waals surface area contributed by atoms with Crippen LogP contribution in [0.2, 0.25) is 0 Å². The molecule has 2 aromatic rings. The molecule has 1 aliphatic heterocycles. The van der Waals surface area contributed by atoms with Crippen LogP contribution in [-0.2, 0) is 27.3 Å². The van der Waals surface area contributed by atoms with E-state index in [1.807, 2.05) is 37.3 Å². The molecule has 7 heteroatoms. The first-order valence-electron chi connectivity index (χ1n) is 8.64. The van der Waals surface area contributed by atoms with Crippen molar-refractivity contribution in [1.82, 2.24) is 15.4 Å². The molecule has 1 atom stereocenters. The van der Waals surface area contributed by atoms with Gasteiger partial charge in [-0.15, -0.1) is 0 Å². The minimum Gasteiger partial charge on any atom is -0.365 e. The van der Waals surface area contributed by atoms with E-state index in [0.29, 0.717) is 25.4 Å². The summed E-state index contributed by atoms with van der Waals surface area (Å²) < 4.78 is 10.6. The van der Waals surface area contributed by atoms with Gasteiger partial charge in [0, 0.05) is 25.2 Å². The van der Waals surface area contributed by atoms with E-state index in [9.17, 15) is 9.59 Å². The molecule has 1 fully saturated rings. The molecule has 0 bridgehead atoms. The smallest absolute Gasteiger partial charge is 0.248 e. The lowest BCUT2D eigenvalue weighted by Gasteiger charge is -2.33. The van der Waals surface area contributed by atoms with Gasteiger partial charge >= 0.3 is 0 Å². The Morgan fingerprint density at radius 2 is 2.08 bits per heavy atom. The van der Waals surface area contributed by atoms with Crippen molar-refractivity contribution >= 4 is 11.8 Å². The van der Waals surface area contributed by atoms with Crippen molar-refractivity contribution in [3.8, 4) is 0 Å². The van der Waals surface area contributed by atoms with Crippen LogP contribution in [0, 0.1) is 13.8 Å². The molecule has 1 saturated heterocycles. The predicted octanol–water partition coefficient (Wildman–Crippen LogP) is 1.38. The summed E-state index contributed by atoms with van der Waals surface area (Å²) in [4.78, 5) is 26.0. The Bertz CT molecular complexity index is 753. The topological polar surface area (TPSA) is 84.7 Å². The van der Waals surface area contributed by atoms with E-state index in [0.717, 1.165) is 16.8 Å². The lowest BCUT2D eigenvalue weighted by atomic mass is 10.1. The molecule has 26 heavy (non-hydrogen) atoms. The van der Waals surface area contributed by atoms with E-state index >= 15 is 0 Å². The highest BCUT2D eigenvalue weighted by atomic mass is 16.5. The van der Waals surface area contributed by atoms with E-state index in [1.165, 1.54) is 0 Å². The van der Waals surface area contributed by atoms with E-state index < -0.39 is 0 Å². The van der Waals surface area contributed by atoms with E-state index in [4.69, 9.17) is 9.26 Å². The quantitative estimate of drug-likeness (QED) is 0.844. The molecule has 2 amide bonds. The molecule has 0 aliphatic carbocycles. The van der Waals surface area contributed by atoms with Gasteiger partial charge in [-0.2, -0.15) is 0 Å². The Morgan fingerprint density at radius 1 is 1.31 bits per heavy atom. The van der Waals surface area contributed by atoms with Crippen LogP contribution >= 0.6 is 0 Å². The first-order chi connectivity index (χ1) is 12.5. The maximum absolute atomic E-state index is 12.2. The highest BCUT2D eigenvalue weighted by Gasteiger charge is 2.26. The SMILES string of the molecule is Cc1noc(C)c1CC(=O)NCC1CN(Cc2ccccc2)C(=O)CO1. The van der Waals surface area contributed by atoms with Crippen LogP contribution in [0.15, 0.2) is 34.9 Å². The van der Waals surface area contributed by atoms with Crippen LogP contribution in [0.3, 0.4) is 0 Å². The van der Waals surface area contributed by atoms with E-state index in [-0.39, 0.29) is 30.9 Å². The number of amides is 2. The summed E-state index contributed by atoms with van der Waals surface area (Å²) in [6.45, 7) is 5.01. The molecule has 0 radical (unpaired) electrons. The van der Waals surface area contributed by atoms with Gasteiger partial charge in [0.25, 0.3) is 0 Å². The van der Waals surface area contributed by atoms with Crippen molar-refractivity contribution in [1.29, 1.82) is 0 Å². The Labute approximate surface area is 152 Å². The van der Waals surface area contributed by atoms with Gasteiger partial charge in [0.05, 0.1) is 18.2 Å². The Kier molecular flexibility index (Phi) is 5.68. The van der Waals surface area contributed by atoms with Crippen LogP contribution in [-0.4, -0.2) is 47.7 Å². The zero-order valence-electron chi connectivity index (χ0n) is 15.0. The summed E-state index contributed by atoms with van der Waals surface area (Å²) in [7, 11) is 0. The molecule has 7 nitrogen and oxygen atoms in total. The van der Waals surface area contributed by atoms with Crippen molar-refractivity contribution < 1.29 is 18.8 Å². The number of benzene rings is 1. The maximum atomic E-state index is 12.2. The summed E-state index contributed by atoms with van der Waals surface area (Å²) in [5.74, 6) is 0.507. The Morgan fingerprint density at radius 3 is 2.77 bits per heavy atom. The van der Waals surface area contributed by atoms with E-state index in [1.54, 1.807) is 11.8 Å². The number of aromatic nitrogens is 1. The van der Waals surface area contributed by atoms with Crippen molar-refractivity contribution in [3.63, 3.8) is 0 Å². The Balaban J connectivity index is 1.50. The molecule has 3 rings (SSSR count). The van der Waals surface area contributed by atoms with Gasteiger partial charge in [0.2, 0.25) is 11.8 Å². The monoisotopic (exact) mass is 357 g/mol. The zero-order chi connectivity index (χ0) is 18.5. The van der Waals surface area contributed by atoms with Crippen molar-refractivity contribution in [2.75, 3.05) is 19.7 Å².